The second-order valence-electron chi connectivity index (χ2n) is 4.49. The lowest BCUT2D eigenvalue weighted by atomic mass is 10.3. The van der Waals surface area contributed by atoms with Crippen LogP contribution in [0.4, 0.5) is 0 Å². The molecule has 0 spiro atoms. The van der Waals surface area contributed by atoms with Crippen molar-refractivity contribution in [2.45, 2.75) is 19.4 Å². The van der Waals surface area contributed by atoms with E-state index in [9.17, 15) is 9.59 Å². The Labute approximate surface area is 127 Å². The van der Waals surface area contributed by atoms with Crippen LogP contribution in [0.3, 0.4) is 0 Å². The molecule has 0 saturated heterocycles. The smallest absolute Gasteiger partial charge is 0.261 e. The van der Waals surface area contributed by atoms with Gasteiger partial charge in [-0.05, 0) is 17.9 Å². The third-order valence-electron chi connectivity index (χ3n) is 2.86. The molecule has 2 aromatic heterocycles. The summed E-state index contributed by atoms with van der Waals surface area (Å²) in [4.78, 5) is 27.8. The lowest BCUT2D eigenvalue weighted by molar-refractivity contribution is -0.120. The van der Waals surface area contributed by atoms with Gasteiger partial charge < -0.3 is 15.2 Å². The summed E-state index contributed by atoms with van der Waals surface area (Å²) in [6, 6.07) is 3.59. The Morgan fingerprint density at radius 2 is 2.19 bits per heavy atom. The number of carbonyl (C=O) groups excluding carboxylic acids is 2. The van der Waals surface area contributed by atoms with Crippen molar-refractivity contribution in [2.24, 2.45) is 0 Å². The number of imidazole rings is 1. The number of nitrogens with zero attached hydrogens (tertiary/aromatic N) is 2. The second-order valence-corrected chi connectivity index (χ2v) is 5.43. The molecule has 0 aliphatic carbocycles. The number of aryl methyl sites for hydroxylation is 1. The summed E-state index contributed by atoms with van der Waals surface area (Å²) in [6.45, 7) is 1.80. The van der Waals surface area contributed by atoms with Crippen LogP contribution in [0.5, 0.6) is 0 Å². The van der Waals surface area contributed by atoms with Crippen LogP contribution in [0.1, 0.15) is 22.5 Å². The Morgan fingerprint density at radius 3 is 2.90 bits per heavy atom. The van der Waals surface area contributed by atoms with Crippen molar-refractivity contribution in [3.05, 3.63) is 41.1 Å². The number of aromatic nitrogens is 2. The van der Waals surface area contributed by atoms with Gasteiger partial charge in [0.15, 0.2) is 0 Å². The van der Waals surface area contributed by atoms with Gasteiger partial charge in [-0.25, -0.2) is 4.98 Å². The molecule has 2 amide bonds. The van der Waals surface area contributed by atoms with Crippen LogP contribution in [0, 0.1) is 0 Å². The molecule has 0 aromatic carbocycles. The van der Waals surface area contributed by atoms with Crippen LogP contribution < -0.4 is 10.6 Å². The normalized spacial score (nSPS) is 10.3. The lowest BCUT2D eigenvalue weighted by Gasteiger charge is -2.06. The number of hydrogen-bond donors (Lipinski definition) is 2. The van der Waals surface area contributed by atoms with E-state index in [1.54, 1.807) is 18.6 Å². The van der Waals surface area contributed by atoms with Gasteiger partial charge in [-0.1, -0.05) is 6.07 Å². The van der Waals surface area contributed by atoms with Crippen LogP contribution in [0.15, 0.2) is 36.2 Å². The fourth-order valence-electron chi connectivity index (χ4n) is 1.78. The van der Waals surface area contributed by atoms with Gasteiger partial charge in [0.05, 0.1) is 11.2 Å². The SMILES string of the molecule is O=C(CCNC(=O)c1cccs1)NCCCn1ccnc1. The molecule has 0 aliphatic rings. The minimum absolute atomic E-state index is 0.0490. The van der Waals surface area contributed by atoms with Gasteiger partial charge in [0.25, 0.3) is 5.91 Å². The monoisotopic (exact) mass is 306 g/mol. The first-order valence-corrected chi connectivity index (χ1v) is 7.68. The van der Waals surface area contributed by atoms with E-state index in [0.717, 1.165) is 13.0 Å². The Hall–Kier alpha value is -2.15. The molecule has 0 aliphatic heterocycles. The third kappa shape index (κ3) is 5.39. The van der Waals surface area contributed by atoms with E-state index in [2.05, 4.69) is 15.6 Å². The maximum Gasteiger partial charge on any atom is 0.261 e. The molecular formula is C14H18N4O2S. The van der Waals surface area contributed by atoms with Crippen molar-refractivity contribution in [3.63, 3.8) is 0 Å². The predicted octanol–water partition coefficient (Wildman–Crippen LogP) is 1.27. The molecule has 2 heterocycles. The summed E-state index contributed by atoms with van der Waals surface area (Å²) in [5, 5.41) is 7.41. The average Bonchev–Trinajstić information content (AvgIpc) is 3.16. The van der Waals surface area contributed by atoms with E-state index in [4.69, 9.17) is 0 Å². The summed E-state index contributed by atoms with van der Waals surface area (Å²) < 4.78 is 1.97. The zero-order chi connectivity index (χ0) is 14.9. The van der Waals surface area contributed by atoms with Gasteiger partial charge in [0.2, 0.25) is 5.91 Å². The quantitative estimate of drug-likeness (QED) is 0.721. The predicted molar refractivity (Wildman–Crippen MR) is 81.1 cm³/mol. The zero-order valence-electron chi connectivity index (χ0n) is 11.6. The van der Waals surface area contributed by atoms with E-state index < -0.39 is 0 Å². The van der Waals surface area contributed by atoms with Crippen LogP contribution in [0.25, 0.3) is 0 Å². The molecule has 6 nitrogen and oxygen atoms in total. The van der Waals surface area contributed by atoms with E-state index in [1.165, 1.54) is 11.3 Å². The first kappa shape index (κ1) is 15.2. The van der Waals surface area contributed by atoms with Gasteiger partial charge >= 0.3 is 0 Å². The van der Waals surface area contributed by atoms with E-state index in [0.29, 0.717) is 24.4 Å². The molecule has 0 atom stereocenters. The highest BCUT2D eigenvalue weighted by atomic mass is 32.1. The highest BCUT2D eigenvalue weighted by Gasteiger charge is 2.06. The van der Waals surface area contributed by atoms with Crippen molar-refractivity contribution in [1.82, 2.24) is 20.2 Å². The number of rotatable bonds is 8. The number of amides is 2. The first-order valence-electron chi connectivity index (χ1n) is 6.80. The molecule has 0 radical (unpaired) electrons. The highest BCUT2D eigenvalue weighted by Crippen LogP contribution is 2.07. The second kappa shape index (κ2) is 8.21. The fourth-order valence-corrected chi connectivity index (χ4v) is 2.42. The van der Waals surface area contributed by atoms with E-state index >= 15 is 0 Å². The summed E-state index contributed by atoms with van der Waals surface area (Å²) in [6.07, 6.45) is 6.52. The molecule has 2 N–H and O–H groups in total. The minimum atomic E-state index is -0.127. The summed E-state index contributed by atoms with van der Waals surface area (Å²) in [5.74, 6) is -0.176. The maximum absolute atomic E-state index is 11.6. The van der Waals surface area contributed by atoms with Gasteiger partial charge in [-0.3, -0.25) is 9.59 Å². The summed E-state index contributed by atoms with van der Waals surface area (Å²) >= 11 is 1.39. The van der Waals surface area contributed by atoms with Gasteiger partial charge in [-0.2, -0.15) is 0 Å². The van der Waals surface area contributed by atoms with E-state index in [1.807, 2.05) is 22.2 Å². The molecular weight excluding hydrogens is 288 g/mol. The van der Waals surface area contributed by atoms with Gasteiger partial charge in [0, 0.05) is 38.4 Å². The standard InChI is InChI=1S/C14H18N4O2S/c19-13(16-5-2-8-18-9-7-15-11-18)4-6-17-14(20)12-3-1-10-21-12/h1,3,7,9-11H,2,4-6,8H2,(H,16,19)(H,17,20). The molecule has 0 saturated carbocycles. The first-order chi connectivity index (χ1) is 10.3. The number of thiophene rings is 1. The van der Waals surface area contributed by atoms with Crippen molar-refractivity contribution >= 4 is 23.2 Å². The molecule has 7 heteroatoms. The van der Waals surface area contributed by atoms with Crippen LogP contribution >= 0.6 is 11.3 Å². The van der Waals surface area contributed by atoms with Crippen LogP contribution in [-0.2, 0) is 11.3 Å². The molecule has 0 fully saturated rings. The van der Waals surface area contributed by atoms with Crippen LogP contribution in [-0.4, -0.2) is 34.5 Å². The molecule has 112 valence electrons. The maximum atomic E-state index is 11.6. The van der Waals surface area contributed by atoms with E-state index in [-0.39, 0.29) is 11.8 Å². The Morgan fingerprint density at radius 1 is 1.29 bits per heavy atom. The van der Waals surface area contributed by atoms with Gasteiger partial charge in [0.1, 0.15) is 0 Å². The summed E-state index contributed by atoms with van der Waals surface area (Å²) in [7, 11) is 0. The van der Waals surface area contributed by atoms with Crippen molar-refractivity contribution in [2.75, 3.05) is 13.1 Å². The Bertz CT molecular complexity index is 552. The van der Waals surface area contributed by atoms with Crippen molar-refractivity contribution < 1.29 is 9.59 Å². The molecule has 0 bridgehead atoms. The van der Waals surface area contributed by atoms with Crippen molar-refractivity contribution in [3.8, 4) is 0 Å². The zero-order valence-corrected chi connectivity index (χ0v) is 12.4. The number of nitrogens with one attached hydrogen (secondary N) is 2. The molecule has 0 unspecified atom stereocenters. The molecule has 21 heavy (non-hydrogen) atoms. The largest absolute Gasteiger partial charge is 0.356 e. The Kier molecular flexibility index (Phi) is 5.96. The number of hydrogen-bond acceptors (Lipinski definition) is 4. The highest BCUT2D eigenvalue weighted by molar-refractivity contribution is 7.12. The van der Waals surface area contributed by atoms with Crippen molar-refractivity contribution in [1.29, 1.82) is 0 Å². The Balaban J connectivity index is 1.52. The topological polar surface area (TPSA) is 76.0 Å². The minimum Gasteiger partial charge on any atom is -0.356 e. The van der Waals surface area contributed by atoms with Crippen LogP contribution in [0.2, 0.25) is 0 Å². The summed E-state index contributed by atoms with van der Waals surface area (Å²) in [5.41, 5.74) is 0. The van der Waals surface area contributed by atoms with Gasteiger partial charge in [-0.15, -0.1) is 11.3 Å². The molecule has 2 rings (SSSR count). The number of carbonyl (C=O) groups is 2. The third-order valence-corrected chi connectivity index (χ3v) is 3.73. The molecule has 2 aromatic rings. The lowest BCUT2D eigenvalue weighted by Crippen LogP contribution is -2.31. The average molecular weight is 306 g/mol. The fraction of sp³-hybridized carbons (Fsp3) is 0.357.